The molecule has 0 atom stereocenters. The lowest BCUT2D eigenvalue weighted by molar-refractivity contribution is 0.379. The minimum Gasteiger partial charge on any atom is -0.443 e. The Morgan fingerprint density at radius 3 is 2.57 bits per heavy atom. The van der Waals surface area contributed by atoms with E-state index in [0.717, 1.165) is 29.5 Å². The van der Waals surface area contributed by atoms with Gasteiger partial charge in [0.15, 0.2) is 5.96 Å². The van der Waals surface area contributed by atoms with Gasteiger partial charge in [-0.1, -0.05) is 32.9 Å². The average molecular weight is 380 g/mol. The number of hydrogen-bond acceptors (Lipinski definition) is 4. The van der Waals surface area contributed by atoms with Gasteiger partial charge in [0.25, 0.3) is 0 Å². The second-order valence-electron chi connectivity index (χ2n) is 7.53. The van der Waals surface area contributed by atoms with Crippen molar-refractivity contribution in [2.45, 2.75) is 46.2 Å². The lowest BCUT2D eigenvalue weighted by Gasteiger charge is -2.13. The van der Waals surface area contributed by atoms with Crippen LogP contribution in [0.2, 0.25) is 0 Å². The van der Waals surface area contributed by atoms with Crippen LogP contribution in [0.15, 0.2) is 58.3 Å². The van der Waals surface area contributed by atoms with Crippen LogP contribution >= 0.6 is 0 Å². The third-order valence-corrected chi connectivity index (χ3v) is 4.17. The molecule has 0 bridgehead atoms. The van der Waals surface area contributed by atoms with E-state index in [0.29, 0.717) is 19.0 Å². The molecule has 0 saturated carbocycles. The zero-order valence-electron chi connectivity index (χ0n) is 16.9. The molecule has 1 aromatic carbocycles. The van der Waals surface area contributed by atoms with Crippen molar-refractivity contribution in [3.63, 3.8) is 0 Å². The molecule has 7 heteroatoms. The normalized spacial score (nSPS) is 12.2. The molecule has 0 aliphatic carbocycles. The van der Waals surface area contributed by atoms with Crippen molar-refractivity contribution < 1.29 is 4.42 Å². The summed E-state index contributed by atoms with van der Waals surface area (Å²) in [7, 11) is 0. The van der Waals surface area contributed by atoms with Crippen molar-refractivity contribution in [3.8, 4) is 5.69 Å². The number of rotatable bonds is 6. The third kappa shape index (κ3) is 5.22. The summed E-state index contributed by atoms with van der Waals surface area (Å²) >= 11 is 0. The average Bonchev–Trinajstić information content (AvgIpc) is 3.36. The fourth-order valence-corrected chi connectivity index (χ4v) is 2.59. The number of aromatic nitrogens is 3. The quantitative estimate of drug-likeness (QED) is 0.506. The van der Waals surface area contributed by atoms with Gasteiger partial charge < -0.3 is 15.1 Å². The van der Waals surface area contributed by atoms with Crippen LogP contribution in [-0.2, 0) is 18.5 Å². The summed E-state index contributed by atoms with van der Waals surface area (Å²) in [6, 6.07) is 10.1. The maximum absolute atomic E-state index is 5.82. The second-order valence-corrected chi connectivity index (χ2v) is 7.53. The van der Waals surface area contributed by atoms with Crippen LogP contribution in [0.4, 0.5) is 0 Å². The highest BCUT2D eigenvalue weighted by atomic mass is 16.4. The van der Waals surface area contributed by atoms with Gasteiger partial charge in [0, 0.05) is 24.4 Å². The molecule has 148 valence electrons. The van der Waals surface area contributed by atoms with Crippen molar-refractivity contribution in [1.82, 2.24) is 25.4 Å². The fourth-order valence-electron chi connectivity index (χ4n) is 2.59. The Labute approximate surface area is 165 Å². The Hall–Kier alpha value is -3.09. The molecule has 2 aromatic heterocycles. The van der Waals surface area contributed by atoms with E-state index in [-0.39, 0.29) is 5.41 Å². The molecular weight excluding hydrogens is 352 g/mol. The van der Waals surface area contributed by atoms with Crippen molar-refractivity contribution >= 4 is 5.96 Å². The zero-order chi connectivity index (χ0) is 20.0. The SMILES string of the molecule is CCNC(=NCc1ccc(-n2cccn2)cc1)NCc1ncc(C(C)(C)C)o1. The van der Waals surface area contributed by atoms with Crippen LogP contribution < -0.4 is 10.6 Å². The summed E-state index contributed by atoms with van der Waals surface area (Å²) in [6.45, 7) is 10.2. The zero-order valence-corrected chi connectivity index (χ0v) is 16.9. The number of nitrogens with one attached hydrogen (secondary N) is 2. The van der Waals surface area contributed by atoms with E-state index in [1.54, 1.807) is 12.4 Å². The predicted molar refractivity (Wildman–Crippen MR) is 110 cm³/mol. The Morgan fingerprint density at radius 2 is 1.96 bits per heavy atom. The van der Waals surface area contributed by atoms with Gasteiger partial charge in [-0.25, -0.2) is 14.7 Å². The standard InChI is InChI=1S/C21H28N6O/c1-5-22-20(25-15-19-23-14-18(28-19)21(2,3)4)24-13-16-7-9-17(10-8-16)27-12-6-11-26-27/h6-12,14H,5,13,15H2,1-4H3,(H2,22,24,25). The highest BCUT2D eigenvalue weighted by Crippen LogP contribution is 2.22. The summed E-state index contributed by atoms with van der Waals surface area (Å²) in [5, 5.41) is 10.8. The minimum atomic E-state index is -0.0494. The first-order valence-corrected chi connectivity index (χ1v) is 9.52. The maximum Gasteiger partial charge on any atom is 0.213 e. The first-order chi connectivity index (χ1) is 13.5. The summed E-state index contributed by atoms with van der Waals surface area (Å²) in [5.41, 5.74) is 2.10. The number of aliphatic imine (C=N–C) groups is 1. The first-order valence-electron chi connectivity index (χ1n) is 9.52. The van der Waals surface area contributed by atoms with E-state index in [9.17, 15) is 0 Å². The largest absolute Gasteiger partial charge is 0.443 e. The topological polar surface area (TPSA) is 80.3 Å². The Kier molecular flexibility index (Phi) is 6.13. The fraction of sp³-hybridized carbons (Fsp3) is 0.381. The summed E-state index contributed by atoms with van der Waals surface area (Å²) in [6.07, 6.45) is 5.49. The Balaban J connectivity index is 1.60. The molecule has 2 heterocycles. The van der Waals surface area contributed by atoms with Gasteiger partial charge in [-0.05, 0) is 30.7 Å². The second kappa shape index (κ2) is 8.73. The first kappa shape index (κ1) is 19.7. The molecule has 0 fully saturated rings. The van der Waals surface area contributed by atoms with E-state index < -0.39 is 0 Å². The van der Waals surface area contributed by atoms with Gasteiger partial charge in [-0.3, -0.25) is 0 Å². The van der Waals surface area contributed by atoms with E-state index >= 15 is 0 Å². The summed E-state index contributed by atoms with van der Waals surface area (Å²) in [5.74, 6) is 2.26. The van der Waals surface area contributed by atoms with Gasteiger partial charge in [0.05, 0.1) is 25.0 Å². The number of benzene rings is 1. The highest BCUT2D eigenvalue weighted by Gasteiger charge is 2.19. The number of oxazole rings is 1. The smallest absolute Gasteiger partial charge is 0.213 e. The molecule has 0 amide bonds. The van der Waals surface area contributed by atoms with Gasteiger partial charge in [-0.15, -0.1) is 0 Å². The van der Waals surface area contributed by atoms with E-state index in [4.69, 9.17) is 4.42 Å². The van der Waals surface area contributed by atoms with Crippen LogP contribution in [0.25, 0.3) is 5.69 Å². The Morgan fingerprint density at radius 1 is 1.18 bits per heavy atom. The molecule has 3 rings (SSSR count). The molecule has 28 heavy (non-hydrogen) atoms. The number of hydrogen-bond donors (Lipinski definition) is 2. The van der Waals surface area contributed by atoms with Crippen LogP contribution in [-0.4, -0.2) is 27.3 Å². The molecule has 3 aromatic rings. The summed E-state index contributed by atoms with van der Waals surface area (Å²) < 4.78 is 7.66. The highest BCUT2D eigenvalue weighted by molar-refractivity contribution is 5.79. The maximum atomic E-state index is 5.82. The molecular formula is C21H28N6O. The van der Waals surface area contributed by atoms with Gasteiger partial charge >= 0.3 is 0 Å². The predicted octanol–water partition coefficient (Wildman–Crippen LogP) is 3.41. The van der Waals surface area contributed by atoms with E-state index in [1.165, 1.54) is 0 Å². The lowest BCUT2D eigenvalue weighted by Crippen LogP contribution is -2.36. The molecule has 2 N–H and O–H groups in total. The van der Waals surface area contributed by atoms with Gasteiger partial charge in [-0.2, -0.15) is 5.10 Å². The van der Waals surface area contributed by atoms with Crippen molar-refractivity contribution in [1.29, 1.82) is 0 Å². The minimum absolute atomic E-state index is 0.0494. The van der Waals surface area contributed by atoms with Crippen molar-refractivity contribution in [2.75, 3.05) is 6.54 Å². The van der Waals surface area contributed by atoms with Crippen molar-refractivity contribution in [3.05, 3.63) is 66.1 Å². The van der Waals surface area contributed by atoms with E-state index in [1.807, 2.05) is 36.0 Å². The molecule has 0 unspecified atom stereocenters. The van der Waals surface area contributed by atoms with Crippen LogP contribution in [0.5, 0.6) is 0 Å². The molecule has 7 nitrogen and oxygen atoms in total. The van der Waals surface area contributed by atoms with Gasteiger partial charge in [0.2, 0.25) is 5.89 Å². The summed E-state index contributed by atoms with van der Waals surface area (Å²) in [4.78, 5) is 9.00. The molecule has 0 radical (unpaired) electrons. The number of nitrogens with zero attached hydrogens (tertiary/aromatic N) is 4. The number of guanidine groups is 1. The van der Waals surface area contributed by atoms with Crippen LogP contribution in [0.3, 0.4) is 0 Å². The van der Waals surface area contributed by atoms with Crippen molar-refractivity contribution in [2.24, 2.45) is 4.99 Å². The van der Waals surface area contributed by atoms with Crippen LogP contribution in [0.1, 0.15) is 44.9 Å². The third-order valence-electron chi connectivity index (χ3n) is 4.17. The molecule has 0 saturated heterocycles. The van der Waals surface area contributed by atoms with Crippen LogP contribution in [0, 0.1) is 0 Å². The molecule has 0 aliphatic heterocycles. The monoisotopic (exact) mass is 380 g/mol. The lowest BCUT2D eigenvalue weighted by atomic mass is 9.94. The Bertz CT molecular complexity index is 888. The molecule has 0 spiro atoms. The van der Waals surface area contributed by atoms with E-state index in [2.05, 4.69) is 58.6 Å². The molecule has 0 aliphatic rings. The van der Waals surface area contributed by atoms with Gasteiger partial charge in [0.1, 0.15) is 5.76 Å².